The van der Waals surface area contributed by atoms with Gasteiger partial charge in [-0.05, 0) is 18.2 Å². The van der Waals surface area contributed by atoms with Crippen molar-refractivity contribution >= 4 is 5.91 Å². The van der Waals surface area contributed by atoms with Gasteiger partial charge in [-0.1, -0.05) is 24.3 Å². The van der Waals surface area contributed by atoms with Crippen LogP contribution in [0.15, 0.2) is 24.3 Å². The molecule has 3 nitrogen and oxygen atoms in total. The van der Waals surface area contributed by atoms with Gasteiger partial charge in [-0.15, -0.1) is 0 Å². The number of rotatable bonds is 4. The van der Waals surface area contributed by atoms with Crippen LogP contribution < -0.4 is 10.6 Å². The molecule has 1 aromatic rings. The number of hydrogen-bond donors (Lipinski definition) is 2. The highest BCUT2D eigenvalue weighted by molar-refractivity contribution is 5.72. The van der Waals surface area contributed by atoms with Gasteiger partial charge in [0, 0.05) is 20.0 Å². The Kier molecular flexibility index (Phi) is 4.13. The third-order valence-corrected chi connectivity index (χ3v) is 2.01. The zero-order valence-electron chi connectivity index (χ0n) is 8.63. The van der Waals surface area contributed by atoms with E-state index in [1.165, 1.54) is 12.5 Å². The Hall–Kier alpha value is -1.35. The highest BCUT2D eigenvalue weighted by Gasteiger charge is 2.00. The number of carbonyl (C=O) groups is 1. The van der Waals surface area contributed by atoms with Gasteiger partial charge in [0.05, 0.1) is 0 Å². The Morgan fingerprint density at radius 2 is 1.79 bits per heavy atom. The molecule has 3 heteroatoms. The molecular weight excluding hydrogens is 176 g/mol. The molecule has 0 aliphatic carbocycles. The lowest BCUT2D eigenvalue weighted by Gasteiger charge is -2.08. The normalized spacial score (nSPS) is 9.86. The average molecular weight is 192 g/mol. The second kappa shape index (κ2) is 5.40. The average Bonchev–Trinajstić information content (AvgIpc) is 2.17. The van der Waals surface area contributed by atoms with Crippen molar-refractivity contribution in [1.29, 1.82) is 0 Å². The van der Waals surface area contributed by atoms with Gasteiger partial charge in [0.1, 0.15) is 0 Å². The molecule has 0 radical (unpaired) electrons. The number of amides is 1. The first-order valence-electron chi connectivity index (χ1n) is 4.70. The minimum absolute atomic E-state index is 0.00395. The molecule has 0 saturated carbocycles. The Morgan fingerprint density at radius 3 is 2.29 bits per heavy atom. The predicted octanol–water partition coefficient (Wildman–Crippen LogP) is 1.04. The van der Waals surface area contributed by atoms with Gasteiger partial charge >= 0.3 is 0 Å². The monoisotopic (exact) mass is 192 g/mol. The van der Waals surface area contributed by atoms with E-state index in [4.69, 9.17) is 0 Å². The molecule has 0 aliphatic heterocycles. The van der Waals surface area contributed by atoms with Crippen LogP contribution in [0.4, 0.5) is 0 Å². The first kappa shape index (κ1) is 10.7. The molecular formula is C11H16N2O. The van der Waals surface area contributed by atoms with Gasteiger partial charge in [0.25, 0.3) is 0 Å². The maximum absolute atomic E-state index is 10.8. The summed E-state index contributed by atoms with van der Waals surface area (Å²) in [5, 5.41) is 5.89. The summed E-state index contributed by atoms with van der Waals surface area (Å²) in [6.45, 7) is 2.96. The molecule has 1 aromatic carbocycles. The molecule has 0 fully saturated rings. The topological polar surface area (TPSA) is 41.1 Å². The first-order chi connectivity index (χ1) is 6.74. The molecule has 14 heavy (non-hydrogen) atoms. The molecule has 1 amide bonds. The maximum Gasteiger partial charge on any atom is 0.217 e. The van der Waals surface area contributed by atoms with E-state index in [0.717, 1.165) is 12.1 Å². The van der Waals surface area contributed by atoms with E-state index in [9.17, 15) is 4.79 Å². The Balaban J connectivity index is 2.68. The fourth-order valence-electron chi connectivity index (χ4n) is 1.31. The van der Waals surface area contributed by atoms with Crippen LogP contribution in [0.5, 0.6) is 0 Å². The minimum atomic E-state index is 0.00395. The smallest absolute Gasteiger partial charge is 0.217 e. The molecule has 0 saturated heterocycles. The van der Waals surface area contributed by atoms with Gasteiger partial charge in [0.2, 0.25) is 5.91 Å². The number of benzene rings is 1. The van der Waals surface area contributed by atoms with Gasteiger partial charge in [-0.2, -0.15) is 0 Å². The van der Waals surface area contributed by atoms with E-state index in [-0.39, 0.29) is 5.91 Å². The van der Waals surface area contributed by atoms with E-state index in [2.05, 4.69) is 16.7 Å². The van der Waals surface area contributed by atoms with Crippen molar-refractivity contribution in [2.75, 3.05) is 7.05 Å². The lowest BCUT2D eigenvalue weighted by atomic mass is 10.1. The summed E-state index contributed by atoms with van der Waals surface area (Å²) >= 11 is 0. The van der Waals surface area contributed by atoms with Crippen molar-refractivity contribution in [3.63, 3.8) is 0 Å². The van der Waals surface area contributed by atoms with E-state index in [0.29, 0.717) is 6.54 Å². The van der Waals surface area contributed by atoms with Crippen molar-refractivity contribution in [3.8, 4) is 0 Å². The largest absolute Gasteiger partial charge is 0.352 e. The lowest BCUT2D eigenvalue weighted by molar-refractivity contribution is -0.119. The van der Waals surface area contributed by atoms with Crippen LogP contribution >= 0.6 is 0 Å². The molecule has 0 spiro atoms. The zero-order valence-corrected chi connectivity index (χ0v) is 8.63. The second-order valence-electron chi connectivity index (χ2n) is 3.21. The van der Waals surface area contributed by atoms with E-state index < -0.39 is 0 Å². The quantitative estimate of drug-likeness (QED) is 0.748. The molecule has 0 atom stereocenters. The SMILES string of the molecule is CNCc1ccccc1CNC(C)=O. The molecule has 0 bridgehead atoms. The standard InChI is InChI=1S/C11H16N2O/c1-9(14)13-8-11-6-4-3-5-10(11)7-12-2/h3-6,12H,7-8H2,1-2H3,(H,13,14). The van der Waals surface area contributed by atoms with Crippen molar-refractivity contribution in [2.24, 2.45) is 0 Å². The Morgan fingerprint density at radius 1 is 1.21 bits per heavy atom. The second-order valence-corrected chi connectivity index (χ2v) is 3.21. The lowest BCUT2D eigenvalue weighted by Crippen LogP contribution is -2.20. The summed E-state index contributed by atoms with van der Waals surface area (Å²) in [5.74, 6) is 0.00395. The van der Waals surface area contributed by atoms with Crippen LogP contribution in [0.2, 0.25) is 0 Å². The fraction of sp³-hybridized carbons (Fsp3) is 0.364. The van der Waals surface area contributed by atoms with Crippen molar-refractivity contribution in [2.45, 2.75) is 20.0 Å². The number of hydrogen-bond acceptors (Lipinski definition) is 2. The summed E-state index contributed by atoms with van der Waals surface area (Å²) < 4.78 is 0. The maximum atomic E-state index is 10.8. The summed E-state index contributed by atoms with van der Waals surface area (Å²) in [6.07, 6.45) is 0. The first-order valence-corrected chi connectivity index (χ1v) is 4.70. The summed E-state index contributed by atoms with van der Waals surface area (Å²) in [7, 11) is 1.91. The van der Waals surface area contributed by atoms with E-state index in [1.54, 1.807) is 0 Å². The molecule has 1 rings (SSSR count). The van der Waals surface area contributed by atoms with E-state index in [1.807, 2.05) is 25.2 Å². The highest BCUT2D eigenvalue weighted by atomic mass is 16.1. The third kappa shape index (κ3) is 3.18. The van der Waals surface area contributed by atoms with Crippen molar-refractivity contribution < 1.29 is 4.79 Å². The number of carbonyl (C=O) groups excluding carboxylic acids is 1. The van der Waals surface area contributed by atoms with Gasteiger partial charge < -0.3 is 10.6 Å². The highest BCUT2D eigenvalue weighted by Crippen LogP contribution is 2.07. The molecule has 0 aliphatic rings. The fourth-order valence-corrected chi connectivity index (χ4v) is 1.31. The van der Waals surface area contributed by atoms with Crippen LogP contribution in [0.1, 0.15) is 18.1 Å². The third-order valence-electron chi connectivity index (χ3n) is 2.01. The van der Waals surface area contributed by atoms with Gasteiger partial charge in [-0.25, -0.2) is 0 Å². The van der Waals surface area contributed by atoms with Crippen LogP contribution in [0.3, 0.4) is 0 Å². The van der Waals surface area contributed by atoms with Crippen LogP contribution in [0, 0.1) is 0 Å². The van der Waals surface area contributed by atoms with Crippen molar-refractivity contribution in [3.05, 3.63) is 35.4 Å². The van der Waals surface area contributed by atoms with Gasteiger partial charge in [0.15, 0.2) is 0 Å². The Bertz CT molecular complexity index is 310. The molecule has 76 valence electrons. The van der Waals surface area contributed by atoms with Crippen LogP contribution in [0.25, 0.3) is 0 Å². The number of nitrogens with one attached hydrogen (secondary N) is 2. The van der Waals surface area contributed by atoms with Crippen LogP contribution in [-0.4, -0.2) is 13.0 Å². The van der Waals surface area contributed by atoms with E-state index >= 15 is 0 Å². The predicted molar refractivity (Wildman–Crippen MR) is 56.7 cm³/mol. The van der Waals surface area contributed by atoms with Crippen molar-refractivity contribution in [1.82, 2.24) is 10.6 Å². The molecule has 0 aromatic heterocycles. The zero-order chi connectivity index (χ0) is 10.4. The Labute approximate surface area is 84.5 Å². The summed E-state index contributed by atoms with van der Waals surface area (Å²) in [4.78, 5) is 10.8. The summed E-state index contributed by atoms with van der Waals surface area (Å²) in [5.41, 5.74) is 2.39. The molecule has 0 heterocycles. The van der Waals surface area contributed by atoms with Crippen LogP contribution in [-0.2, 0) is 17.9 Å². The minimum Gasteiger partial charge on any atom is -0.352 e. The molecule has 2 N–H and O–H groups in total. The molecule has 0 unspecified atom stereocenters. The van der Waals surface area contributed by atoms with Gasteiger partial charge in [-0.3, -0.25) is 4.79 Å². The summed E-state index contributed by atoms with van der Waals surface area (Å²) in [6, 6.07) is 8.08.